The SMILES string of the molecule is [2H]C([2H])([2H])[82Se]CC[C@H](N)C(=O)O. The fraction of sp³-hybridized carbons (Fsp3) is 0.800. The maximum atomic E-state index is 10.2. The standard InChI is InChI=1S/C5H11NO2Se/c1-9-3-2-4(6)5(7)8/h4H,2-3,6H2,1H3,(H,7,8)/t4-/m0/s1/i1D3,9+3. The van der Waals surface area contributed by atoms with E-state index in [1.54, 1.807) is 0 Å². The Balaban J connectivity index is 3.51. The zero-order valence-electron chi connectivity index (χ0n) is 7.83. The van der Waals surface area contributed by atoms with Crippen LogP contribution in [0.3, 0.4) is 0 Å². The van der Waals surface area contributed by atoms with Crippen LogP contribution in [0, 0.1) is 0 Å². The zero-order chi connectivity index (χ0) is 9.78. The van der Waals surface area contributed by atoms with E-state index in [1.807, 2.05) is 0 Å². The number of carboxylic acids is 1. The summed E-state index contributed by atoms with van der Waals surface area (Å²) in [6, 6.07) is -0.922. The molecule has 0 bridgehead atoms. The first-order chi connectivity index (χ1) is 5.33. The monoisotopic (exact) mass is 202 g/mol. The summed E-state index contributed by atoms with van der Waals surface area (Å²) >= 11 is -0.514. The summed E-state index contributed by atoms with van der Waals surface area (Å²) in [5, 5.41) is 8.74. The van der Waals surface area contributed by atoms with E-state index in [4.69, 9.17) is 15.0 Å². The van der Waals surface area contributed by atoms with Gasteiger partial charge in [0, 0.05) is 0 Å². The van der Waals surface area contributed by atoms with Gasteiger partial charge < -0.3 is 0 Å². The van der Waals surface area contributed by atoms with Gasteiger partial charge in [-0.3, -0.25) is 0 Å². The first-order valence-corrected chi connectivity index (χ1v) is 4.52. The molecular formula is C5H11NO2Se. The Kier molecular flexibility index (Phi) is 2.51. The van der Waals surface area contributed by atoms with Crippen molar-refractivity contribution in [2.45, 2.75) is 23.5 Å². The van der Waals surface area contributed by atoms with Crippen LogP contribution >= 0.6 is 0 Å². The van der Waals surface area contributed by atoms with Gasteiger partial charge in [-0.25, -0.2) is 0 Å². The van der Waals surface area contributed by atoms with Crippen molar-refractivity contribution in [2.75, 3.05) is 0 Å². The van der Waals surface area contributed by atoms with E-state index in [1.165, 1.54) is 0 Å². The van der Waals surface area contributed by atoms with Crippen molar-refractivity contribution in [3.8, 4) is 0 Å². The predicted molar refractivity (Wildman–Crippen MR) is 36.7 cm³/mol. The van der Waals surface area contributed by atoms with E-state index in [-0.39, 0.29) is 6.42 Å². The van der Waals surface area contributed by atoms with Gasteiger partial charge in [0.2, 0.25) is 0 Å². The van der Waals surface area contributed by atoms with Gasteiger partial charge in [0.25, 0.3) is 0 Å². The molecule has 0 spiro atoms. The van der Waals surface area contributed by atoms with Crippen molar-refractivity contribution in [1.82, 2.24) is 0 Å². The van der Waals surface area contributed by atoms with Gasteiger partial charge in [-0.1, -0.05) is 0 Å². The second-order valence-corrected chi connectivity index (χ2v) is 3.04. The molecule has 4 heteroatoms. The Morgan fingerprint density at radius 2 is 2.78 bits per heavy atom. The molecule has 3 N–H and O–H groups in total. The second-order valence-electron chi connectivity index (χ2n) is 1.58. The van der Waals surface area contributed by atoms with Crippen LogP contribution in [0.5, 0.6) is 0 Å². The quantitative estimate of drug-likeness (QED) is 0.628. The minimum atomic E-state index is -1.91. The fourth-order valence-corrected chi connectivity index (χ4v) is 1.09. The van der Waals surface area contributed by atoms with E-state index < -0.39 is 32.7 Å². The third-order valence-electron chi connectivity index (χ3n) is 0.848. The molecule has 0 unspecified atom stereocenters. The molecule has 0 aromatic heterocycles. The zero-order valence-corrected chi connectivity index (χ0v) is 6.55. The molecule has 0 saturated heterocycles. The van der Waals surface area contributed by atoms with E-state index in [2.05, 4.69) is 0 Å². The molecule has 0 aliphatic rings. The molecular weight excluding hydrogens is 188 g/mol. The van der Waals surface area contributed by atoms with E-state index >= 15 is 0 Å². The van der Waals surface area contributed by atoms with Gasteiger partial charge in [0.05, 0.1) is 0 Å². The van der Waals surface area contributed by atoms with Crippen molar-refractivity contribution in [3.05, 3.63) is 0 Å². The van der Waals surface area contributed by atoms with Gasteiger partial charge >= 0.3 is 64.2 Å². The average molecular weight is 202 g/mol. The van der Waals surface area contributed by atoms with Gasteiger partial charge in [-0.15, -0.1) is 0 Å². The summed E-state index contributed by atoms with van der Waals surface area (Å²) in [5.41, 5.74) is 5.17. The van der Waals surface area contributed by atoms with Crippen LogP contribution in [0.15, 0.2) is 0 Å². The Hall–Kier alpha value is -0.0505. The number of hydrogen-bond acceptors (Lipinski definition) is 2. The number of carbonyl (C=O) groups is 1. The van der Waals surface area contributed by atoms with Gasteiger partial charge in [0.15, 0.2) is 0 Å². The summed E-state index contributed by atoms with van der Waals surface area (Å²) < 4.78 is 20.6. The van der Waals surface area contributed by atoms with Crippen molar-refractivity contribution >= 4 is 20.9 Å². The van der Waals surface area contributed by atoms with Crippen molar-refractivity contribution in [3.63, 3.8) is 0 Å². The Morgan fingerprint density at radius 3 is 3.22 bits per heavy atom. The first-order valence-electron chi connectivity index (χ1n) is 3.95. The number of aliphatic carboxylic acids is 1. The summed E-state index contributed by atoms with van der Waals surface area (Å²) in [7, 11) is 0. The van der Waals surface area contributed by atoms with Crippen LogP contribution in [0.2, 0.25) is 11.1 Å². The van der Waals surface area contributed by atoms with Crippen LogP contribution < -0.4 is 5.73 Å². The van der Waals surface area contributed by atoms with Crippen LogP contribution in [0.4, 0.5) is 0 Å². The second kappa shape index (κ2) is 4.79. The molecule has 0 saturated carbocycles. The summed E-state index contributed by atoms with van der Waals surface area (Å²) in [5.74, 6) is -2.98. The molecule has 0 heterocycles. The molecule has 3 nitrogen and oxygen atoms in total. The third kappa shape index (κ3) is 4.45. The van der Waals surface area contributed by atoms with E-state index in [9.17, 15) is 4.79 Å². The molecule has 0 fully saturated rings. The minimum absolute atomic E-state index is 0.244. The Morgan fingerprint density at radius 1 is 2.11 bits per heavy atom. The van der Waals surface area contributed by atoms with Crippen LogP contribution in [-0.2, 0) is 4.79 Å². The summed E-state index contributed by atoms with van der Waals surface area (Å²) in [6.45, 7) is 0. The third-order valence-corrected chi connectivity index (χ3v) is 1.77. The topological polar surface area (TPSA) is 63.3 Å². The van der Waals surface area contributed by atoms with E-state index in [0.29, 0.717) is 5.32 Å². The average Bonchev–Trinajstić information content (AvgIpc) is 1.84. The molecule has 0 aliphatic heterocycles. The van der Waals surface area contributed by atoms with Crippen molar-refractivity contribution in [1.29, 1.82) is 0 Å². The van der Waals surface area contributed by atoms with Gasteiger partial charge in [-0.05, 0) is 0 Å². The number of carboxylic acid groups (broad SMARTS) is 1. The summed E-state index contributed by atoms with van der Waals surface area (Å²) in [4.78, 5) is 10.2. The number of nitrogens with two attached hydrogens (primary N) is 1. The maximum absolute atomic E-state index is 10.2. The fourth-order valence-electron chi connectivity index (χ4n) is 0.309. The van der Waals surface area contributed by atoms with Gasteiger partial charge in [0.1, 0.15) is 0 Å². The number of hydrogen-bond donors (Lipinski definition) is 2. The Labute approximate surface area is 65.0 Å². The molecule has 9 heavy (non-hydrogen) atoms. The number of rotatable bonds is 4. The first kappa shape index (κ1) is 4.72. The molecule has 0 aromatic carbocycles. The molecule has 0 aliphatic carbocycles. The molecule has 0 rings (SSSR count). The molecule has 54 valence electrons. The summed E-state index contributed by atoms with van der Waals surface area (Å²) in [6.07, 6.45) is 0.244. The Bertz CT molecular complexity index is 161. The van der Waals surface area contributed by atoms with Crippen LogP contribution in [-0.4, -0.2) is 32.1 Å². The van der Waals surface area contributed by atoms with Crippen LogP contribution in [0.1, 0.15) is 10.5 Å². The van der Waals surface area contributed by atoms with Gasteiger partial charge in [-0.2, -0.15) is 0 Å². The molecule has 0 amide bonds. The predicted octanol–water partition coefficient (Wildman–Crippen LogP) is -0.0410. The normalized spacial score (nSPS) is 19.4. The molecule has 0 radical (unpaired) electrons. The molecule has 0 aromatic rings. The van der Waals surface area contributed by atoms with Crippen LogP contribution in [0.25, 0.3) is 0 Å². The molecule has 1 atom stereocenters. The van der Waals surface area contributed by atoms with Crippen molar-refractivity contribution in [2.24, 2.45) is 5.73 Å². The van der Waals surface area contributed by atoms with Crippen molar-refractivity contribution < 1.29 is 14.0 Å². The van der Waals surface area contributed by atoms with E-state index in [0.717, 1.165) is 0 Å².